The second kappa shape index (κ2) is 8.68. The van der Waals surface area contributed by atoms with Crippen molar-refractivity contribution in [3.05, 3.63) is 30.3 Å². The predicted octanol–water partition coefficient (Wildman–Crippen LogP) is 3.03. The maximum atomic E-state index is 11.9. The Hall–Kier alpha value is -2.30. The van der Waals surface area contributed by atoms with E-state index in [0.29, 0.717) is 10.4 Å². The lowest BCUT2D eigenvalue weighted by atomic mass is 10.1. The van der Waals surface area contributed by atoms with Crippen LogP contribution in [0.25, 0.3) is 0 Å². The van der Waals surface area contributed by atoms with E-state index in [1.54, 1.807) is 11.8 Å². The Balaban J connectivity index is 1.31. The van der Waals surface area contributed by atoms with Crippen molar-refractivity contribution in [2.45, 2.75) is 41.1 Å². The number of nitrogens with one attached hydrogen (secondary N) is 2. The number of rotatable bonds is 6. The second-order valence-corrected chi connectivity index (χ2v) is 10.6. The number of hydrogen-bond acceptors (Lipinski definition) is 9. The number of benzene rings is 1. The van der Waals surface area contributed by atoms with Crippen molar-refractivity contribution in [2.24, 2.45) is 16.6 Å². The second-order valence-electron chi connectivity index (χ2n) is 8.15. The summed E-state index contributed by atoms with van der Waals surface area (Å²) >= 11 is 3.21. The lowest BCUT2D eigenvalue weighted by Gasteiger charge is -2.37. The molecule has 4 N–H and O–H groups in total. The van der Waals surface area contributed by atoms with Crippen molar-refractivity contribution in [3.63, 3.8) is 0 Å². The van der Waals surface area contributed by atoms with Crippen LogP contribution in [0.3, 0.4) is 0 Å². The standard InChI is InChI=1S/C21H25N7OS2/c1-12-9-23-20(30-12)25-17-8-18(28-10-14(22)11-28)27-21(26-17)31-16-6-4-15(5-7-16)24-19(29)13-2-3-13/h4-8,12-14H,2-3,9-11,22H2,1H3,(H,24,29)(H,23,25,26,27). The highest BCUT2D eigenvalue weighted by Crippen LogP contribution is 2.32. The van der Waals surface area contributed by atoms with Gasteiger partial charge in [0.25, 0.3) is 0 Å². The van der Waals surface area contributed by atoms with Crippen molar-refractivity contribution in [2.75, 3.05) is 35.2 Å². The SMILES string of the molecule is CC1CN=C(Nc2cc(N3CC(N)C3)nc(Sc3ccc(NC(=O)C4CC4)cc3)n2)S1. The quantitative estimate of drug-likeness (QED) is 0.571. The van der Waals surface area contributed by atoms with Gasteiger partial charge in [0.15, 0.2) is 10.3 Å². The molecule has 1 aromatic heterocycles. The van der Waals surface area contributed by atoms with Crippen LogP contribution in [0.1, 0.15) is 19.8 Å². The van der Waals surface area contributed by atoms with E-state index in [4.69, 9.17) is 15.7 Å². The van der Waals surface area contributed by atoms with Gasteiger partial charge in [0, 0.05) is 46.9 Å². The number of thioether (sulfide) groups is 1. The minimum atomic E-state index is 0.113. The van der Waals surface area contributed by atoms with Gasteiger partial charge >= 0.3 is 0 Å². The number of nitrogens with two attached hydrogens (primary N) is 1. The molecule has 1 aliphatic carbocycles. The molecule has 5 rings (SSSR count). The molecule has 0 radical (unpaired) electrons. The van der Waals surface area contributed by atoms with Crippen LogP contribution in [0, 0.1) is 5.92 Å². The van der Waals surface area contributed by atoms with Crippen LogP contribution in [-0.4, -0.2) is 52.0 Å². The van der Waals surface area contributed by atoms with Gasteiger partial charge in [-0.3, -0.25) is 9.79 Å². The number of carbonyl (C=O) groups is 1. The van der Waals surface area contributed by atoms with E-state index in [-0.39, 0.29) is 17.9 Å². The third-order valence-electron chi connectivity index (χ3n) is 5.24. The number of anilines is 3. The highest BCUT2D eigenvalue weighted by molar-refractivity contribution is 8.15. The molecular formula is C21H25N7OS2. The maximum absolute atomic E-state index is 11.9. The summed E-state index contributed by atoms with van der Waals surface area (Å²) in [5.74, 6) is 1.91. The van der Waals surface area contributed by atoms with Gasteiger partial charge in [-0.05, 0) is 48.9 Å². The summed E-state index contributed by atoms with van der Waals surface area (Å²) in [5.41, 5.74) is 6.78. The summed E-state index contributed by atoms with van der Waals surface area (Å²) in [4.78, 5) is 29.1. The third-order valence-corrected chi connectivity index (χ3v) is 7.12. The smallest absolute Gasteiger partial charge is 0.227 e. The molecular weight excluding hydrogens is 430 g/mol. The first-order chi connectivity index (χ1) is 15.0. The topological polar surface area (TPSA) is 109 Å². The molecule has 162 valence electrons. The first kappa shape index (κ1) is 20.6. The number of aromatic nitrogens is 2. The zero-order valence-electron chi connectivity index (χ0n) is 17.2. The Bertz CT molecular complexity index is 1000. The Kier molecular flexibility index (Phi) is 5.77. The first-order valence-electron chi connectivity index (χ1n) is 10.5. The van der Waals surface area contributed by atoms with Crippen LogP contribution in [0.15, 0.2) is 45.4 Å². The van der Waals surface area contributed by atoms with Gasteiger partial charge in [-0.1, -0.05) is 18.7 Å². The van der Waals surface area contributed by atoms with Gasteiger partial charge in [-0.25, -0.2) is 9.97 Å². The molecule has 2 fully saturated rings. The summed E-state index contributed by atoms with van der Waals surface area (Å²) in [6, 6.07) is 9.95. The highest BCUT2D eigenvalue weighted by Gasteiger charge is 2.29. The van der Waals surface area contributed by atoms with Gasteiger partial charge in [0.1, 0.15) is 11.6 Å². The summed E-state index contributed by atoms with van der Waals surface area (Å²) in [5, 5.41) is 8.34. The molecule has 8 nitrogen and oxygen atoms in total. The van der Waals surface area contributed by atoms with E-state index in [2.05, 4.69) is 27.4 Å². The minimum absolute atomic E-state index is 0.113. The van der Waals surface area contributed by atoms with Crippen molar-refractivity contribution >= 4 is 51.9 Å². The lowest BCUT2D eigenvalue weighted by Crippen LogP contribution is -2.56. The van der Waals surface area contributed by atoms with Gasteiger partial charge in [0.2, 0.25) is 5.91 Å². The molecule has 3 heterocycles. The van der Waals surface area contributed by atoms with E-state index in [1.807, 2.05) is 30.3 Å². The van der Waals surface area contributed by atoms with Gasteiger partial charge in [0.05, 0.1) is 6.54 Å². The van der Waals surface area contributed by atoms with E-state index in [0.717, 1.165) is 59.9 Å². The van der Waals surface area contributed by atoms with E-state index in [1.165, 1.54) is 11.8 Å². The van der Waals surface area contributed by atoms with Crippen LogP contribution >= 0.6 is 23.5 Å². The van der Waals surface area contributed by atoms with Crippen LogP contribution in [0.2, 0.25) is 0 Å². The van der Waals surface area contributed by atoms with Crippen LogP contribution in [0.5, 0.6) is 0 Å². The Morgan fingerprint density at radius 1 is 1.23 bits per heavy atom. The van der Waals surface area contributed by atoms with Gasteiger partial charge in [-0.2, -0.15) is 0 Å². The first-order valence-corrected chi connectivity index (χ1v) is 12.2. The Morgan fingerprint density at radius 3 is 2.65 bits per heavy atom. The largest absolute Gasteiger partial charge is 0.353 e. The van der Waals surface area contributed by atoms with Crippen LogP contribution in [0.4, 0.5) is 17.3 Å². The average Bonchev–Trinajstić information content (AvgIpc) is 3.50. The van der Waals surface area contributed by atoms with Gasteiger partial charge in [-0.15, -0.1) is 0 Å². The van der Waals surface area contributed by atoms with Crippen LogP contribution < -0.4 is 21.3 Å². The van der Waals surface area contributed by atoms with Crippen LogP contribution in [-0.2, 0) is 4.79 Å². The minimum Gasteiger partial charge on any atom is -0.353 e. The summed E-state index contributed by atoms with van der Waals surface area (Å²) in [7, 11) is 0. The number of hydrogen-bond donors (Lipinski definition) is 3. The number of carbonyl (C=O) groups excluding carboxylic acids is 1. The molecule has 1 amide bonds. The predicted molar refractivity (Wildman–Crippen MR) is 127 cm³/mol. The van der Waals surface area contributed by atoms with Gasteiger partial charge < -0.3 is 21.3 Å². The molecule has 0 spiro atoms. The lowest BCUT2D eigenvalue weighted by molar-refractivity contribution is -0.117. The van der Waals surface area contributed by atoms with Crippen molar-refractivity contribution in [3.8, 4) is 0 Å². The fourth-order valence-electron chi connectivity index (χ4n) is 3.34. The molecule has 2 aromatic rings. The molecule has 2 aliphatic heterocycles. The average molecular weight is 456 g/mol. The fourth-order valence-corrected chi connectivity index (χ4v) is 4.95. The highest BCUT2D eigenvalue weighted by atomic mass is 32.2. The maximum Gasteiger partial charge on any atom is 0.227 e. The van der Waals surface area contributed by atoms with E-state index in [9.17, 15) is 4.79 Å². The summed E-state index contributed by atoms with van der Waals surface area (Å²) in [6.07, 6.45) is 1.99. The van der Waals surface area contributed by atoms with Crippen molar-refractivity contribution in [1.29, 1.82) is 0 Å². The van der Waals surface area contributed by atoms with Crippen molar-refractivity contribution in [1.82, 2.24) is 9.97 Å². The third kappa shape index (κ3) is 5.13. The normalized spacial score (nSPS) is 20.9. The Morgan fingerprint density at radius 2 is 2.00 bits per heavy atom. The molecule has 1 aromatic carbocycles. The fraction of sp³-hybridized carbons (Fsp3) is 0.429. The molecule has 1 saturated carbocycles. The number of nitrogens with zero attached hydrogens (tertiary/aromatic N) is 4. The summed E-state index contributed by atoms with van der Waals surface area (Å²) in [6.45, 7) is 4.57. The molecule has 1 unspecified atom stereocenters. The number of amides is 1. The molecule has 31 heavy (non-hydrogen) atoms. The number of aliphatic imine (C=N–C) groups is 1. The summed E-state index contributed by atoms with van der Waals surface area (Å²) < 4.78 is 0. The molecule has 0 bridgehead atoms. The number of amidine groups is 1. The van der Waals surface area contributed by atoms with E-state index < -0.39 is 0 Å². The van der Waals surface area contributed by atoms with E-state index >= 15 is 0 Å². The molecule has 1 atom stereocenters. The molecule has 10 heteroatoms. The zero-order chi connectivity index (χ0) is 21.4. The monoisotopic (exact) mass is 455 g/mol. The molecule has 3 aliphatic rings. The Labute approximate surface area is 189 Å². The van der Waals surface area contributed by atoms with Crippen molar-refractivity contribution < 1.29 is 4.79 Å². The zero-order valence-corrected chi connectivity index (χ0v) is 18.9. The molecule has 1 saturated heterocycles.